The number of aryl methyl sites for hydroxylation is 2. The quantitative estimate of drug-likeness (QED) is 0.903. The van der Waals surface area contributed by atoms with Gasteiger partial charge in [0.1, 0.15) is 11.8 Å². The van der Waals surface area contributed by atoms with E-state index in [0.717, 1.165) is 29.2 Å². The van der Waals surface area contributed by atoms with Crippen molar-refractivity contribution in [3.05, 3.63) is 53.3 Å². The summed E-state index contributed by atoms with van der Waals surface area (Å²) in [4.78, 5) is 4.42. The normalized spacial score (nSPS) is 9.85. The van der Waals surface area contributed by atoms with Crippen LogP contribution in [0.4, 0.5) is 5.69 Å². The van der Waals surface area contributed by atoms with Crippen LogP contribution in [0.3, 0.4) is 0 Å². The van der Waals surface area contributed by atoms with Gasteiger partial charge in [0, 0.05) is 12.2 Å². The molecule has 0 bridgehead atoms. The average Bonchev–Trinajstić information content (AvgIpc) is 2.45. The van der Waals surface area contributed by atoms with E-state index in [1.807, 2.05) is 56.3 Å². The third-order valence-electron chi connectivity index (χ3n) is 2.93. The molecule has 2 aromatic rings. The molecule has 0 fully saturated rings. The standard InChI is InChI=1S/C16H17N3O/c1-12-3-8-16(13(2)19-12)18-11-14-4-6-15(7-5-14)20-10-9-17/h3-8,18H,10-11H2,1-2H3. The number of rotatable bonds is 5. The fourth-order valence-corrected chi connectivity index (χ4v) is 1.89. The molecule has 0 radical (unpaired) electrons. The number of aromatic nitrogens is 1. The van der Waals surface area contributed by atoms with Crippen LogP contribution in [0, 0.1) is 25.2 Å². The van der Waals surface area contributed by atoms with Crippen LogP contribution in [0.1, 0.15) is 17.0 Å². The predicted molar refractivity (Wildman–Crippen MR) is 78.6 cm³/mol. The van der Waals surface area contributed by atoms with Crippen LogP contribution >= 0.6 is 0 Å². The number of benzene rings is 1. The molecule has 1 aromatic heterocycles. The Hall–Kier alpha value is -2.54. The summed E-state index contributed by atoms with van der Waals surface area (Å²) in [5.74, 6) is 0.712. The van der Waals surface area contributed by atoms with Crippen molar-refractivity contribution >= 4 is 5.69 Å². The third-order valence-corrected chi connectivity index (χ3v) is 2.93. The second-order valence-electron chi connectivity index (χ2n) is 4.53. The first-order valence-electron chi connectivity index (χ1n) is 6.46. The van der Waals surface area contributed by atoms with Gasteiger partial charge >= 0.3 is 0 Å². The van der Waals surface area contributed by atoms with Gasteiger partial charge in [0.25, 0.3) is 0 Å². The van der Waals surface area contributed by atoms with E-state index in [1.165, 1.54) is 0 Å². The molecule has 0 aliphatic carbocycles. The fraction of sp³-hybridized carbons (Fsp3) is 0.250. The molecule has 0 atom stereocenters. The Kier molecular flexibility index (Phi) is 4.56. The third kappa shape index (κ3) is 3.72. The second kappa shape index (κ2) is 6.58. The zero-order valence-electron chi connectivity index (χ0n) is 11.7. The molecule has 1 heterocycles. The smallest absolute Gasteiger partial charge is 0.174 e. The minimum atomic E-state index is 0.0752. The first-order chi connectivity index (χ1) is 9.69. The molecule has 20 heavy (non-hydrogen) atoms. The molecule has 0 saturated carbocycles. The van der Waals surface area contributed by atoms with Crippen molar-refractivity contribution in [1.29, 1.82) is 5.26 Å². The van der Waals surface area contributed by atoms with Crippen LogP contribution in [-0.2, 0) is 6.54 Å². The molecule has 4 heteroatoms. The van der Waals surface area contributed by atoms with E-state index in [0.29, 0.717) is 5.75 Å². The first kappa shape index (κ1) is 13.9. The van der Waals surface area contributed by atoms with Gasteiger partial charge in [-0.25, -0.2) is 0 Å². The highest BCUT2D eigenvalue weighted by atomic mass is 16.5. The maximum Gasteiger partial charge on any atom is 0.174 e. The Labute approximate surface area is 119 Å². The van der Waals surface area contributed by atoms with Crippen molar-refractivity contribution in [2.24, 2.45) is 0 Å². The van der Waals surface area contributed by atoms with Crippen LogP contribution in [0.2, 0.25) is 0 Å². The maximum absolute atomic E-state index is 8.45. The molecule has 102 valence electrons. The van der Waals surface area contributed by atoms with E-state index in [-0.39, 0.29) is 6.61 Å². The molecule has 0 unspecified atom stereocenters. The molecule has 2 rings (SSSR count). The number of nitrogens with one attached hydrogen (secondary N) is 1. The SMILES string of the molecule is Cc1ccc(NCc2ccc(OCC#N)cc2)c(C)n1. The van der Waals surface area contributed by atoms with Gasteiger partial charge in [-0.3, -0.25) is 4.98 Å². The van der Waals surface area contributed by atoms with Gasteiger partial charge in [0.15, 0.2) is 6.61 Å². The molecule has 1 N–H and O–H groups in total. The summed E-state index contributed by atoms with van der Waals surface area (Å²) in [7, 11) is 0. The number of hydrogen-bond donors (Lipinski definition) is 1. The highest BCUT2D eigenvalue weighted by Gasteiger charge is 2.00. The number of hydrogen-bond acceptors (Lipinski definition) is 4. The van der Waals surface area contributed by atoms with Crippen LogP contribution < -0.4 is 10.1 Å². The van der Waals surface area contributed by atoms with Gasteiger partial charge in [-0.15, -0.1) is 0 Å². The largest absolute Gasteiger partial charge is 0.479 e. The van der Waals surface area contributed by atoms with Gasteiger partial charge in [0.2, 0.25) is 0 Å². The molecule has 0 aliphatic rings. The van der Waals surface area contributed by atoms with Crippen molar-refractivity contribution in [2.45, 2.75) is 20.4 Å². The Morgan fingerprint density at radius 2 is 1.90 bits per heavy atom. The fourth-order valence-electron chi connectivity index (χ4n) is 1.89. The monoisotopic (exact) mass is 267 g/mol. The van der Waals surface area contributed by atoms with Crippen LogP contribution in [-0.4, -0.2) is 11.6 Å². The lowest BCUT2D eigenvalue weighted by atomic mass is 10.2. The molecule has 0 amide bonds. The van der Waals surface area contributed by atoms with Gasteiger partial charge in [-0.05, 0) is 43.7 Å². The Morgan fingerprint density at radius 1 is 1.15 bits per heavy atom. The topological polar surface area (TPSA) is 57.9 Å². The summed E-state index contributed by atoms with van der Waals surface area (Å²) in [5, 5.41) is 11.8. The Morgan fingerprint density at radius 3 is 2.55 bits per heavy atom. The summed E-state index contributed by atoms with van der Waals surface area (Å²) in [5.41, 5.74) is 4.21. The Bertz CT molecular complexity index is 615. The number of pyridine rings is 1. The number of anilines is 1. The van der Waals surface area contributed by atoms with E-state index in [1.54, 1.807) is 0 Å². The summed E-state index contributed by atoms with van der Waals surface area (Å²) in [6, 6.07) is 13.7. The van der Waals surface area contributed by atoms with Crippen molar-refractivity contribution in [1.82, 2.24) is 4.98 Å². The van der Waals surface area contributed by atoms with Crippen molar-refractivity contribution < 1.29 is 4.74 Å². The lowest BCUT2D eigenvalue weighted by molar-refractivity contribution is 0.368. The minimum Gasteiger partial charge on any atom is -0.479 e. The Balaban J connectivity index is 1.95. The zero-order chi connectivity index (χ0) is 14.4. The van der Waals surface area contributed by atoms with Gasteiger partial charge in [-0.1, -0.05) is 12.1 Å². The van der Waals surface area contributed by atoms with E-state index in [2.05, 4.69) is 10.3 Å². The van der Waals surface area contributed by atoms with Gasteiger partial charge in [0.05, 0.1) is 11.4 Å². The number of nitrogens with zero attached hydrogens (tertiary/aromatic N) is 2. The van der Waals surface area contributed by atoms with E-state index >= 15 is 0 Å². The highest BCUT2D eigenvalue weighted by molar-refractivity contribution is 5.48. The van der Waals surface area contributed by atoms with Gasteiger partial charge < -0.3 is 10.1 Å². The average molecular weight is 267 g/mol. The second-order valence-corrected chi connectivity index (χ2v) is 4.53. The molecular formula is C16H17N3O. The number of ether oxygens (including phenoxy) is 1. The molecule has 4 nitrogen and oxygen atoms in total. The molecule has 0 aliphatic heterocycles. The summed E-state index contributed by atoms with van der Waals surface area (Å²) in [6.45, 7) is 4.78. The van der Waals surface area contributed by atoms with E-state index in [9.17, 15) is 0 Å². The molecular weight excluding hydrogens is 250 g/mol. The molecule has 0 spiro atoms. The zero-order valence-corrected chi connectivity index (χ0v) is 11.7. The summed E-state index contributed by atoms with van der Waals surface area (Å²) >= 11 is 0. The van der Waals surface area contributed by atoms with Crippen LogP contribution in [0.15, 0.2) is 36.4 Å². The highest BCUT2D eigenvalue weighted by Crippen LogP contribution is 2.16. The minimum absolute atomic E-state index is 0.0752. The molecule has 1 aromatic carbocycles. The molecule has 0 saturated heterocycles. The predicted octanol–water partition coefficient (Wildman–Crippen LogP) is 3.21. The van der Waals surface area contributed by atoms with Crippen LogP contribution in [0.5, 0.6) is 5.75 Å². The summed E-state index contributed by atoms with van der Waals surface area (Å²) < 4.78 is 5.21. The number of nitriles is 1. The van der Waals surface area contributed by atoms with Crippen LogP contribution in [0.25, 0.3) is 0 Å². The lowest BCUT2D eigenvalue weighted by Crippen LogP contribution is -2.02. The van der Waals surface area contributed by atoms with Crippen molar-refractivity contribution in [3.8, 4) is 11.8 Å². The van der Waals surface area contributed by atoms with Gasteiger partial charge in [-0.2, -0.15) is 5.26 Å². The van der Waals surface area contributed by atoms with E-state index in [4.69, 9.17) is 10.00 Å². The van der Waals surface area contributed by atoms with E-state index < -0.39 is 0 Å². The van der Waals surface area contributed by atoms with Crippen molar-refractivity contribution in [2.75, 3.05) is 11.9 Å². The maximum atomic E-state index is 8.45. The summed E-state index contributed by atoms with van der Waals surface area (Å²) in [6.07, 6.45) is 0. The lowest BCUT2D eigenvalue weighted by Gasteiger charge is -2.10. The first-order valence-corrected chi connectivity index (χ1v) is 6.46. The van der Waals surface area contributed by atoms with Crippen molar-refractivity contribution in [3.63, 3.8) is 0 Å².